The van der Waals surface area contributed by atoms with Crippen molar-refractivity contribution in [3.63, 3.8) is 0 Å². The second-order valence-electron chi connectivity index (χ2n) is 8.20. The van der Waals surface area contributed by atoms with Crippen molar-refractivity contribution in [2.75, 3.05) is 27.9 Å². The van der Waals surface area contributed by atoms with E-state index in [2.05, 4.69) is 4.98 Å². The predicted molar refractivity (Wildman–Crippen MR) is 136 cm³/mol. The highest BCUT2D eigenvalue weighted by molar-refractivity contribution is 6.46. The van der Waals surface area contributed by atoms with Crippen molar-refractivity contribution >= 4 is 17.4 Å². The van der Waals surface area contributed by atoms with Gasteiger partial charge < -0.3 is 29.0 Å². The predicted octanol–water partition coefficient (Wildman–Crippen LogP) is 4.13. The van der Waals surface area contributed by atoms with Gasteiger partial charge in [0.15, 0.2) is 11.5 Å². The van der Waals surface area contributed by atoms with Gasteiger partial charge in [-0.2, -0.15) is 0 Å². The van der Waals surface area contributed by atoms with Crippen LogP contribution in [0, 0.1) is 0 Å². The summed E-state index contributed by atoms with van der Waals surface area (Å²) >= 11 is 0. The highest BCUT2D eigenvalue weighted by atomic mass is 16.5. The fourth-order valence-corrected chi connectivity index (χ4v) is 4.39. The van der Waals surface area contributed by atoms with Crippen LogP contribution < -0.4 is 18.9 Å². The van der Waals surface area contributed by atoms with Gasteiger partial charge in [-0.05, 0) is 54.4 Å². The quantitative estimate of drug-likeness (QED) is 0.263. The minimum absolute atomic E-state index is 0.0537. The van der Waals surface area contributed by atoms with Gasteiger partial charge >= 0.3 is 0 Å². The molecule has 3 aromatic rings. The fraction of sp³-hybridized carbons (Fsp3) is 0.250. The van der Waals surface area contributed by atoms with Crippen LogP contribution in [-0.2, 0) is 16.1 Å². The van der Waals surface area contributed by atoms with Gasteiger partial charge in [-0.15, -0.1) is 0 Å². The number of hydrogen-bond donors (Lipinski definition) is 1. The van der Waals surface area contributed by atoms with Crippen molar-refractivity contribution in [1.82, 2.24) is 9.88 Å². The molecule has 0 radical (unpaired) electrons. The molecular weight excluding hydrogens is 476 g/mol. The molecule has 1 atom stereocenters. The summed E-state index contributed by atoms with van der Waals surface area (Å²) < 4.78 is 22.0. The maximum Gasteiger partial charge on any atom is 0.295 e. The van der Waals surface area contributed by atoms with E-state index < -0.39 is 17.7 Å². The zero-order valence-corrected chi connectivity index (χ0v) is 21.1. The SMILES string of the molecule is CCOc1cccc(/C(O)=C2\C(=O)C(=O)N(Cc3ccncc3)C2c2cc(OC)c(OC)c(OC)c2)c1. The van der Waals surface area contributed by atoms with Crippen molar-refractivity contribution in [3.8, 4) is 23.0 Å². The van der Waals surface area contributed by atoms with Gasteiger partial charge in [-0.25, -0.2) is 0 Å². The number of ketones is 1. The highest BCUT2D eigenvalue weighted by Crippen LogP contribution is 2.46. The van der Waals surface area contributed by atoms with Crippen LogP contribution in [0.2, 0.25) is 0 Å². The summed E-state index contributed by atoms with van der Waals surface area (Å²) in [7, 11) is 4.45. The summed E-state index contributed by atoms with van der Waals surface area (Å²) in [6.45, 7) is 2.40. The van der Waals surface area contributed by atoms with E-state index in [1.54, 1.807) is 60.9 Å². The van der Waals surface area contributed by atoms with E-state index in [0.717, 1.165) is 5.56 Å². The molecule has 37 heavy (non-hydrogen) atoms. The molecule has 1 unspecified atom stereocenters. The summed E-state index contributed by atoms with van der Waals surface area (Å²) in [6.07, 6.45) is 3.22. The summed E-state index contributed by atoms with van der Waals surface area (Å²) in [6, 6.07) is 12.7. The number of hydrogen-bond acceptors (Lipinski definition) is 8. The molecule has 2 aromatic carbocycles. The number of carbonyl (C=O) groups is 2. The van der Waals surface area contributed by atoms with Crippen LogP contribution in [0.3, 0.4) is 0 Å². The third-order valence-electron chi connectivity index (χ3n) is 6.06. The van der Waals surface area contributed by atoms with Crippen LogP contribution in [0.15, 0.2) is 66.5 Å². The lowest BCUT2D eigenvalue weighted by atomic mass is 9.94. The molecule has 0 spiro atoms. The third kappa shape index (κ3) is 4.93. The first-order valence-corrected chi connectivity index (χ1v) is 11.6. The number of nitrogens with zero attached hydrogens (tertiary/aromatic N) is 2. The number of methoxy groups -OCH3 is 3. The van der Waals surface area contributed by atoms with E-state index in [1.165, 1.54) is 26.2 Å². The molecule has 9 heteroatoms. The average molecular weight is 505 g/mol. The smallest absolute Gasteiger partial charge is 0.295 e. The second-order valence-corrected chi connectivity index (χ2v) is 8.20. The number of carbonyl (C=O) groups excluding carboxylic acids is 2. The lowest BCUT2D eigenvalue weighted by Gasteiger charge is -2.26. The Morgan fingerprint density at radius 1 is 0.973 bits per heavy atom. The standard InChI is InChI=1S/C28H28N2O7/c1-5-37-20-8-6-7-18(13-20)25(31)23-24(19-14-21(34-2)27(36-4)22(15-19)35-3)30(28(33)26(23)32)16-17-9-11-29-12-10-17/h6-15,24,31H,5,16H2,1-4H3/b25-23+. The summed E-state index contributed by atoms with van der Waals surface area (Å²) in [5, 5.41) is 11.4. The van der Waals surface area contributed by atoms with E-state index >= 15 is 0 Å². The Labute approximate surface area is 214 Å². The molecule has 4 rings (SSSR count). The number of rotatable bonds is 9. The fourth-order valence-electron chi connectivity index (χ4n) is 4.39. The first-order chi connectivity index (χ1) is 17.9. The zero-order valence-electron chi connectivity index (χ0n) is 21.1. The number of benzene rings is 2. The number of pyridine rings is 1. The zero-order chi connectivity index (χ0) is 26.5. The Balaban J connectivity index is 1.93. The molecule has 1 N–H and O–H groups in total. The molecule has 1 aliphatic rings. The minimum Gasteiger partial charge on any atom is -0.507 e. The van der Waals surface area contributed by atoms with E-state index in [0.29, 0.717) is 40.7 Å². The molecule has 1 fully saturated rings. The van der Waals surface area contributed by atoms with Crippen LogP contribution in [0.1, 0.15) is 29.7 Å². The number of aromatic nitrogens is 1. The number of Topliss-reactive ketones (excluding diaryl/α,β-unsaturated/α-hetero) is 1. The van der Waals surface area contributed by atoms with Gasteiger partial charge in [-0.3, -0.25) is 14.6 Å². The van der Waals surface area contributed by atoms with Gasteiger partial charge in [0, 0.05) is 24.5 Å². The highest BCUT2D eigenvalue weighted by Gasteiger charge is 2.46. The Morgan fingerprint density at radius 3 is 2.24 bits per heavy atom. The topological polar surface area (TPSA) is 107 Å². The second kappa shape index (κ2) is 11.0. The van der Waals surface area contributed by atoms with Crippen LogP contribution in [-0.4, -0.2) is 54.6 Å². The summed E-state index contributed by atoms with van der Waals surface area (Å²) in [5.41, 5.74) is 1.57. The van der Waals surface area contributed by atoms with Gasteiger partial charge in [0.05, 0.1) is 39.6 Å². The van der Waals surface area contributed by atoms with Crippen LogP contribution in [0.5, 0.6) is 23.0 Å². The molecule has 0 aliphatic carbocycles. The normalized spacial score (nSPS) is 16.5. The van der Waals surface area contributed by atoms with Gasteiger partial charge in [0.25, 0.3) is 11.7 Å². The molecule has 0 saturated carbocycles. The summed E-state index contributed by atoms with van der Waals surface area (Å²) in [5.74, 6) is -0.249. The monoisotopic (exact) mass is 504 g/mol. The molecule has 2 heterocycles. The Bertz CT molecular complexity index is 1310. The molecular formula is C28H28N2O7. The van der Waals surface area contributed by atoms with Gasteiger partial charge in [-0.1, -0.05) is 12.1 Å². The van der Waals surface area contributed by atoms with Crippen LogP contribution >= 0.6 is 0 Å². The maximum atomic E-state index is 13.4. The first-order valence-electron chi connectivity index (χ1n) is 11.6. The van der Waals surface area contributed by atoms with E-state index in [9.17, 15) is 14.7 Å². The number of likely N-dealkylation sites (tertiary alicyclic amines) is 1. The molecule has 1 amide bonds. The van der Waals surface area contributed by atoms with Gasteiger partial charge in [0.1, 0.15) is 11.5 Å². The maximum absolute atomic E-state index is 13.4. The molecule has 1 aliphatic heterocycles. The largest absolute Gasteiger partial charge is 0.507 e. The van der Waals surface area contributed by atoms with E-state index in [-0.39, 0.29) is 17.9 Å². The first kappa shape index (κ1) is 25.6. The Kier molecular flexibility index (Phi) is 7.62. The van der Waals surface area contributed by atoms with Crippen molar-refractivity contribution in [2.24, 2.45) is 0 Å². The van der Waals surface area contributed by atoms with Crippen molar-refractivity contribution < 1.29 is 33.6 Å². The minimum atomic E-state index is -0.933. The van der Waals surface area contributed by atoms with E-state index in [1.807, 2.05) is 6.92 Å². The number of amides is 1. The number of aliphatic hydroxyl groups is 1. The Morgan fingerprint density at radius 2 is 1.65 bits per heavy atom. The van der Waals surface area contributed by atoms with Crippen LogP contribution in [0.25, 0.3) is 5.76 Å². The van der Waals surface area contributed by atoms with Crippen molar-refractivity contribution in [2.45, 2.75) is 19.5 Å². The number of ether oxygens (including phenoxy) is 4. The Hall–Kier alpha value is -4.53. The van der Waals surface area contributed by atoms with Gasteiger partial charge in [0.2, 0.25) is 5.75 Å². The van der Waals surface area contributed by atoms with Crippen molar-refractivity contribution in [1.29, 1.82) is 0 Å². The van der Waals surface area contributed by atoms with Crippen molar-refractivity contribution in [3.05, 3.63) is 83.2 Å². The molecule has 9 nitrogen and oxygen atoms in total. The summed E-state index contributed by atoms with van der Waals surface area (Å²) in [4.78, 5) is 32.2. The molecule has 1 aromatic heterocycles. The third-order valence-corrected chi connectivity index (χ3v) is 6.06. The number of aliphatic hydroxyl groups excluding tert-OH is 1. The van der Waals surface area contributed by atoms with E-state index in [4.69, 9.17) is 18.9 Å². The van der Waals surface area contributed by atoms with Crippen LogP contribution in [0.4, 0.5) is 0 Å². The molecule has 192 valence electrons. The molecule has 1 saturated heterocycles. The average Bonchev–Trinajstić information content (AvgIpc) is 3.17. The molecule has 0 bridgehead atoms. The lowest BCUT2D eigenvalue weighted by Crippen LogP contribution is -2.29. The lowest BCUT2D eigenvalue weighted by molar-refractivity contribution is -0.140.